The number of halogens is 1. The fraction of sp³-hybridized carbons (Fsp3) is 0.0800. The van der Waals surface area contributed by atoms with E-state index in [0.29, 0.717) is 23.1 Å². The molecule has 0 atom stereocenters. The summed E-state index contributed by atoms with van der Waals surface area (Å²) in [6, 6.07) is 13.5. The van der Waals surface area contributed by atoms with E-state index in [0.717, 1.165) is 4.90 Å². The van der Waals surface area contributed by atoms with Gasteiger partial charge in [-0.1, -0.05) is 23.7 Å². The van der Waals surface area contributed by atoms with Gasteiger partial charge in [-0.3, -0.25) is 19.3 Å². The fourth-order valence-electron chi connectivity index (χ4n) is 3.37. The third-order valence-corrected chi connectivity index (χ3v) is 6.36. The summed E-state index contributed by atoms with van der Waals surface area (Å²) >= 11 is 6.62. The first kappa shape index (κ1) is 25.7. The van der Waals surface area contributed by atoms with Crippen molar-refractivity contribution in [3.8, 4) is 11.3 Å². The highest BCUT2D eigenvalue weighted by Crippen LogP contribution is 2.33. The minimum Gasteiger partial charge on any atom is -0.478 e. The maximum atomic E-state index is 12.8. The Balaban J connectivity index is 1.45. The number of ether oxygens (including phenoxy) is 1. The highest BCUT2D eigenvalue weighted by molar-refractivity contribution is 8.18. The number of carboxylic acid groups (broad SMARTS) is 1. The quantitative estimate of drug-likeness (QED) is 0.320. The van der Waals surface area contributed by atoms with Gasteiger partial charge in [-0.2, -0.15) is 0 Å². The van der Waals surface area contributed by atoms with E-state index in [1.54, 1.807) is 24.3 Å². The van der Waals surface area contributed by atoms with Crippen LogP contribution in [0, 0.1) is 0 Å². The third-order valence-electron chi connectivity index (χ3n) is 5.12. The summed E-state index contributed by atoms with van der Waals surface area (Å²) in [6.45, 7) is -0.552. The number of hydrogen-bond donors (Lipinski definition) is 2. The summed E-state index contributed by atoms with van der Waals surface area (Å²) in [5.41, 5.74) is 0.896. The van der Waals surface area contributed by atoms with Crippen LogP contribution in [-0.4, -0.2) is 52.7 Å². The molecule has 1 aromatic heterocycles. The lowest BCUT2D eigenvalue weighted by Gasteiger charge is -2.13. The largest absolute Gasteiger partial charge is 0.478 e. The predicted molar refractivity (Wildman–Crippen MR) is 135 cm³/mol. The lowest BCUT2D eigenvalue weighted by molar-refractivity contribution is -0.127. The van der Waals surface area contributed by atoms with Crippen LogP contribution < -0.4 is 5.32 Å². The average molecular weight is 541 g/mol. The number of imide groups is 1. The first-order valence-corrected chi connectivity index (χ1v) is 11.7. The third kappa shape index (κ3) is 5.74. The molecule has 4 rings (SSSR count). The van der Waals surface area contributed by atoms with Gasteiger partial charge in [-0.05, 0) is 54.2 Å². The molecule has 37 heavy (non-hydrogen) atoms. The molecule has 3 aromatic rings. The second-order valence-electron chi connectivity index (χ2n) is 7.59. The van der Waals surface area contributed by atoms with Gasteiger partial charge in [0.25, 0.3) is 11.1 Å². The minimum absolute atomic E-state index is 0.0450. The zero-order chi connectivity index (χ0) is 26.7. The number of aromatic carboxylic acids is 1. The summed E-state index contributed by atoms with van der Waals surface area (Å²) < 4.78 is 10.3. The molecule has 1 aliphatic heterocycles. The van der Waals surface area contributed by atoms with E-state index in [1.807, 2.05) is 0 Å². The smallest absolute Gasteiger partial charge is 0.339 e. The zero-order valence-electron chi connectivity index (χ0n) is 19.0. The number of methoxy groups -OCH3 is 1. The van der Waals surface area contributed by atoms with Gasteiger partial charge in [0.1, 0.15) is 18.1 Å². The van der Waals surface area contributed by atoms with Crippen LogP contribution in [0.3, 0.4) is 0 Å². The van der Waals surface area contributed by atoms with Crippen LogP contribution >= 0.6 is 23.4 Å². The number of carbonyl (C=O) groups excluding carboxylic acids is 4. The van der Waals surface area contributed by atoms with Gasteiger partial charge >= 0.3 is 11.9 Å². The number of rotatable bonds is 7. The van der Waals surface area contributed by atoms with E-state index in [9.17, 15) is 24.0 Å². The molecule has 0 aliphatic carbocycles. The molecule has 10 nitrogen and oxygen atoms in total. The van der Waals surface area contributed by atoms with E-state index in [4.69, 9.17) is 21.1 Å². The Labute approximate surface area is 218 Å². The molecule has 1 saturated heterocycles. The first-order chi connectivity index (χ1) is 17.7. The molecule has 0 saturated carbocycles. The number of nitrogens with one attached hydrogen (secondary N) is 1. The fourth-order valence-corrected chi connectivity index (χ4v) is 4.38. The van der Waals surface area contributed by atoms with Gasteiger partial charge in [0.2, 0.25) is 5.91 Å². The van der Waals surface area contributed by atoms with Gasteiger partial charge in [0.15, 0.2) is 0 Å². The Bertz CT molecular complexity index is 1480. The Morgan fingerprint density at radius 3 is 2.65 bits per heavy atom. The number of carboxylic acids is 1. The Kier molecular flexibility index (Phi) is 7.46. The lowest BCUT2D eigenvalue weighted by atomic mass is 10.1. The number of nitrogens with zero attached hydrogens (tertiary/aromatic N) is 1. The van der Waals surface area contributed by atoms with E-state index in [1.165, 1.54) is 43.5 Å². The van der Waals surface area contributed by atoms with Crippen LogP contribution in [0.5, 0.6) is 0 Å². The number of benzene rings is 2. The van der Waals surface area contributed by atoms with Gasteiger partial charge in [0, 0.05) is 17.3 Å². The minimum atomic E-state index is -1.08. The van der Waals surface area contributed by atoms with Crippen LogP contribution in [0.4, 0.5) is 10.5 Å². The number of furan rings is 1. The number of amides is 3. The lowest BCUT2D eigenvalue weighted by Crippen LogP contribution is -2.36. The first-order valence-electron chi connectivity index (χ1n) is 10.5. The van der Waals surface area contributed by atoms with Crippen LogP contribution in [0.1, 0.15) is 26.5 Å². The van der Waals surface area contributed by atoms with E-state index >= 15 is 0 Å². The second kappa shape index (κ2) is 10.7. The molecule has 2 heterocycles. The number of thioether (sulfide) groups is 1. The number of esters is 1. The molecule has 1 aliphatic rings. The summed E-state index contributed by atoms with van der Waals surface area (Å²) in [7, 11) is 1.19. The monoisotopic (exact) mass is 540 g/mol. The van der Waals surface area contributed by atoms with Gasteiger partial charge in [-0.15, -0.1) is 0 Å². The SMILES string of the molecule is COC(=O)c1cc(NC(=O)CN2C(=O)S/C(=C/c3ccc(-c4cccc(C(=O)O)c4)o3)C2=O)ccc1Cl. The molecule has 2 aromatic carbocycles. The summed E-state index contributed by atoms with van der Waals surface area (Å²) in [5.74, 6) is -2.47. The van der Waals surface area contributed by atoms with Crippen LogP contribution in [0.25, 0.3) is 17.4 Å². The molecule has 3 amide bonds. The van der Waals surface area contributed by atoms with E-state index in [2.05, 4.69) is 10.1 Å². The number of anilines is 1. The van der Waals surface area contributed by atoms with Crippen molar-refractivity contribution < 1.29 is 38.2 Å². The summed E-state index contributed by atoms with van der Waals surface area (Å²) in [5, 5.41) is 11.2. The predicted octanol–water partition coefficient (Wildman–Crippen LogP) is 4.76. The van der Waals surface area contributed by atoms with Crippen LogP contribution in [0.2, 0.25) is 5.02 Å². The second-order valence-corrected chi connectivity index (χ2v) is 8.99. The highest BCUT2D eigenvalue weighted by atomic mass is 35.5. The van der Waals surface area contributed by atoms with Gasteiger partial charge < -0.3 is 19.6 Å². The van der Waals surface area contributed by atoms with Crippen molar-refractivity contribution >= 4 is 64.1 Å². The van der Waals surface area contributed by atoms with Crippen molar-refractivity contribution in [2.45, 2.75) is 0 Å². The Hall–Kier alpha value is -4.35. The topological polar surface area (TPSA) is 143 Å². The highest BCUT2D eigenvalue weighted by Gasteiger charge is 2.36. The van der Waals surface area contributed by atoms with Gasteiger partial charge in [0.05, 0.1) is 28.2 Å². The molecule has 0 bridgehead atoms. The van der Waals surface area contributed by atoms with Crippen molar-refractivity contribution in [1.29, 1.82) is 0 Å². The Morgan fingerprint density at radius 1 is 1.14 bits per heavy atom. The molecular weight excluding hydrogens is 524 g/mol. The maximum Gasteiger partial charge on any atom is 0.339 e. The molecular formula is C25H17ClN2O8S. The van der Waals surface area contributed by atoms with Crippen molar-refractivity contribution in [2.24, 2.45) is 0 Å². The molecule has 0 unspecified atom stereocenters. The summed E-state index contributed by atoms with van der Waals surface area (Å²) in [6.07, 6.45) is 1.37. The standard InChI is InChI=1S/C25H17ClN2O8S/c1-35-24(33)17-10-15(5-7-18(17)26)27-21(29)12-28-22(30)20(37-25(28)34)11-16-6-8-19(36-16)13-3-2-4-14(9-13)23(31)32/h2-11H,12H2,1H3,(H,27,29)(H,31,32)/b20-11+. The molecule has 0 radical (unpaired) electrons. The zero-order valence-corrected chi connectivity index (χ0v) is 20.6. The maximum absolute atomic E-state index is 12.8. The van der Waals surface area contributed by atoms with Crippen LogP contribution in [0.15, 0.2) is 63.9 Å². The molecule has 1 fully saturated rings. The Morgan fingerprint density at radius 2 is 1.92 bits per heavy atom. The van der Waals surface area contributed by atoms with Crippen molar-refractivity contribution in [3.63, 3.8) is 0 Å². The molecule has 12 heteroatoms. The average Bonchev–Trinajstić information content (AvgIpc) is 3.45. The van der Waals surface area contributed by atoms with E-state index in [-0.39, 0.29) is 32.5 Å². The normalized spacial score (nSPS) is 14.2. The molecule has 0 spiro atoms. The van der Waals surface area contributed by atoms with Crippen molar-refractivity contribution in [1.82, 2.24) is 4.90 Å². The van der Waals surface area contributed by atoms with Crippen molar-refractivity contribution in [3.05, 3.63) is 81.4 Å². The van der Waals surface area contributed by atoms with Crippen LogP contribution in [-0.2, 0) is 14.3 Å². The van der Waals surface area contributed by atoms with E-state index < -0.39 is 35.5 Å². The van der Waals surface area contributed by atoms with Gasteiger partial charge in [-0.25, -0.2) is 9.59 Å². The number of hydrogen-bond acceptors (Lipinski definition) is 8. The number of carbonyl (C=O) groups is 5. The molecule has 188 valence electrons. The van der Waals surface area contributed by atoms with Crippen molar-refractivity contribution in [2.75, 3.05) is 19.0 Å². The molecule has 2 N–H and O–H groups in total. The summed E-state index contributed by atoms with van der Waals surface area (Å²) in [4.78, 5) is 61.5.